The predicted octanol–water partition coefficient (Wildman–Crippen LogP) is 3.33. The topological polar surface area (TPSA) is 75.6 Å². The molecule has 0 bridgehead atoms. The summed E-state index contributed by atoms with van der Waals surface area (Å²) in [6, 6.07) is 14.3. The van der Waals surface area contributed by atoms with E-state index in [4.69, 9.17) is 0 Å². The second-order valence-corrected chi connectivity index (χ2v) is 6.51. The molecule has 1 unspecified atom stereocenters. The number of amides is 1. The lowest BCUT2D eigenvalue weighted by atomic mass is 9.82. The molecular weight excluding hydrogens is 375 g/mol. The third-order valence-corrected chi connectivity index (χ3v) is 4.19. The number of rotatable bonds is 8. The molecule has 0 aliphatic carbocycles. The van der Waals surface area contributed by atoms with Gasteiger partial charge in [-0.05, 0) is 30.2 Å². The molecule has 0 saturated heterocycles. The van der Waals surface area contributed by atoms with Crippen LogP contribution in [0, 0.1) is 0 Å². The predicted molar refractivity (Wildman–Crippen MR) is 96.1 cm³/mol. The molecule has 2 aromatic carbocycles. The van der Waals surface area contributed by atoms with Crippen molar-refractivity contribution in [2.75, 3.05) is 13.2 Å². The molecule has 0 aromatic heterocycles. The van der Waals surface area contributed by atoms with Crippen molar-refractivity contribution in [3.05, 3.63) is 65.7 Å². The number of carbonyl (C=O) groups excluding carboxylic acids is 1. The number of carboxylic acid groups (broad SMARTS) is 1. The highest BCUT2D eigenvalue weighted by atomic mass is 19.4. The van der Waals surface area contributed by atoms with Crippen molar-refractivity contribution in [3.63, 3.8) is 0 Å². The molecule has 1 amide bonds. The maximum absolute atomic E-state index is 12.2. The van der Waals surface area contributed by atoms with E-state index in [-0.39, 0.29) is 18.7 Å². The van der Waals surface area contributed by atoms with Crippen molar-refractivity contribution in [1.29, 1.82) is 0 Å². The molecule has 0 radical (unpaired) electrons. The van der Waals surface area contributed by atoms with Crippen molar-refractivity contribution in [3.8, 4) is 5.75 Å². The van der Waals surface area contributed by atoms with Crippen LogP contribution in [0.3, 0.4) is 0 Å². The van der Waals surface area contributed by atoms with Crippen LogP contribution in [0.1, 0.15) is 18.1 Å². The Labute approximate surface area is 160 Å². The zero-order chi connectivity index (χ0) is 20.8. The quantitative estimate of drug-likeness (QED) is 0.719. The largest absolute Gasteiger partial charge is 0.484 e. The second kappa shape index (κ2) is 8.77. The van der Waals surface area contributed by atoms with Gasteiger partial charge in [0.2, 0.25) is 5.91 Å². The molecule has 0 aliphatic rings. The third kappa shape index (κ3) is 6.00. The van der Waals surface area contributed by atoms with Crippen LogP contribution in [-0.4, -0.2) is 36.3 Å². The number of benzene rings is 2. The minimum absolute atomic E-state index is 0.00212. The van der Waals surface area contributed by atoms with Gasteiger partial charge in [0.25, 0.3) is 0 Å². The maximum atomic E-state index is 12.2. The number of hydrogen-bond acceptors (Lipinski definition) is 3. The zero-order valence-corrected chi connectivity index (χ0v) is 15.1. The molecule has 1 atom stereocenters. The Morgan fingerprint density at radius 2 is 1.75 bits per heavy atom. The molecule has 5 nitrogen and oxygen atoms in total. The van der Waals surface area contributed by atoms with Gasteiger partial charge in [-0.25, -0.2) is 0 Å². The van der Waals surface area contributed by atoms with E-state index in [0.717, 1.165) is 0 Å². The van der Waals surface area contributed by atoms with E-state index in [0.29, 0.717) is 11.1 Å². The summed E-state index contributed by atoms with van der Waals surface area (Å²) in [5.74, 6) is -1.53. The first kappa shape index (κ1) is 21.3. The lowest BCUT2D eigenvalue weighted by molar-refractivity contribution is -0.153. The minimum atomic E-state index is -4.45. The van der Waals surface area contributed by atoms with Gasteiger partial charge in [-0.2, -0.15) is 13.2 Å². The number of carboxylic acids is 1. The van der Waals surface area contributed by atoms with Crippen molar-refractivity contribution >= 4 is 11.9 Å². The highest BCUT2D eigenvalue weighted by molar-refractivity contribution is 5.84. The van der Waals surface area contributed by atoms with Crippen LogP contribution in [0.5, 0.6) is 5.75 Å². The Morgan fingerprint density at radius 3 is 2.36 bits per heavy atom. The first-order valence-corrected chi connectivity index (χ1v) is 8.44. The van der Waals surface area contributed by atoms with Crippen LogP contribution in [-0.2, 0) is 21.4 Å². The summed E-state index contributed by atoms with van der Waals surface area (Å²) in [6.07, 6.45) is -4.57. The first-order chi connectivity index (χ1) is 13.1. The van der Waals surface area contributed by atoms with Crippen LogP contribution in [0.15, 0.2) is 54.6 Å². The Hall–Kier alpha value is -3.03. The maximum Gasteiger partial charge on any atom is 0.422 e. The van der Waals surface area contributed by atoms with E-state index < -0.39 is 30.1 Å². The number of hydrogen-bond donors (Lipinski definition) is 2. The highest BCUT2D eigenvalue weighted by Gasteiger charge is 2.35. The number of halogens is 3. The SMILES string of the molecule is CC(CNC(=O)Cc1cccc(OCC(F)(F)F)c1)(C(=O)O)c1ccccc1. The monoisotopic (exact) mass is 395 g/mol. The molecule has 0 saturated carbocycles. The molecule has 0 fully saturated rings. The van der Waals surface area contributed by atoms with Gasteiger partial charge in [-0.1, -0.05) is 42.5 Å². The van der Waals surface area contributed by atoms with E-state index in [9.17, 15) is 27.9 Å². The van der Waals surface area contributed by atoms with Crippen molar-refractivity contribution in [2.24, 2.45) is 0 Å². The van der Waals surface area contributed by atoms with Gasteiger partial charge in [-0.3, -0.25) is 9.59 Å². The lowest BCUT2D eigenvalue weighted by Crippen LogP contribution is -2.44. The molecule has 0 spiro atoms. The van der Waals surface area contributed by atoms with E-state index >= 15 is 0 Å². The smallest absolute Gasteiger partial charge is 0.422 e. The average molecular weight is 395 g/mol. The standard InChI is InChI=1S/C20H20F3NO4/c1-19(18(26)27,15-7-3-2-4-8-15)12-24-17(25)11-14-6-5-9-16(10-14)28-13-20(21,22)23/h2-10H,11-13H2,1H3,(H,24,25)(H,26,27). The molecule has 0 heterocycles. The molecule has 150 valence electrons. The van der Waals surface area contributed by atoms with Crippen LogP contribution < -0.4 is 10.1 Å². The highest BCUT2D eigenvalue weighted by Crippen LogP contribution is 2.23. The van der Waals surface area contributed by atoms with Gasteiger partial charge in [0.05, 0.1) is 6.42 Å². The van der Waals surface area contributed by atoms with Gasteiger partial charge in [0.1, 0.15) is 11.2 Å². The van der Waals surface area contributed by atoms with Gasteiger partial charge in [0.15, 0.2) is 6.61 Å². The third-order valence-electron chi connectivity index (χ3n) is 4.19. The summed E-state index contributed by atoms with van der Waals surface area (Å²) < 4.78 is 41.4. The fourth-order valence-corrected chi connectivity index (χ4v) is 2.54. The minimum Gasteiger partial charge on any atom is -0.484 e. The number of nitrogens with one attached hydrogen (secondary N) is 1. The average Bonchev–Trinajstić information content (AvgIpc) is 2.65. The fraction of sp³-hybridized carbons (Fsp3) is 0.300. The summed E-state index contributed by atoms with van der Waals surface area (Å²) in [4.78, 5) is 23.9. The van der Waals surface area contributed by atoms with Gasteiger partial charge >= 0.3 is 12.1 Å². The van der Waals surface area contributed by atoms with Crippen molar-refractivity contribution in [2.45, 2.75) is 24.9 Å². The Morgan fingerprint density at radius 1 is 1.07 bits per heavy atom. The molecule has 28 heavy (non-hydrogen) atoms. The van der Waals surface area contributed by atoms with E-state index in [1.165, 1.54) is 25.1 Å². The van der Waals surface area contributed by atoms with Crippen LogP contribution in [0.25, 0.3) is 0 Å². The molecule has 0 aliphatic heterocycles. The van der Waals surface area contributed by atoms with Crippen molar-refractivity contribution in [1.82, 2.24) is 5.32 Å². The Bertz CT molecular complexity index is 824. The van der Waals surface area contributed by atoms with Crippen molar-refractivity contribution < 1.29 is 32.6 Å². The number of carbonyl (C=O) groups is 2. The number of aliphatic carboxylic acids is 1. The van der Waals surface area contributed by atoms with Gasteiger partial charge in [-0.15, -0.1) is 0 Å². The molecule has 8 heteroatoms. The fourth-order valence-electron chi connectivity index (χ4n) is 2.54. The Kier molecular flexibility index (Phi) is 6.66. The normalized spacial score (nSPS) is 13.4. The number of ether oxygens (including phenoxy) is 1. The summed E-state index contributed by atoms with van der Waals surface area (Å²) in [7, 11) is 0. The molecule has 2 aromatic rings. The molecule has 2 rings (SSSR count). The van der Waals surface area contributed by atoms with Crippen LogP contribution >= 0.6 is 0 Å². The zero-order valence-electron chi connectivity index (χ0n) is 15.1. The summed E-state index contributed by atoms with van der Waals surface area (Å²) in [5, 5.41) is 12.2. The summed E-state index contributed by atoms with van der Waals surface area (Å²) in [6.45, 7) is -0.0390. The lowest BCUT2D eigenvalue weighted by Gasteiger charge is -2.25. The number of alkyl halides is 3. The summed E-state index contributed by atoms with van der Waals surface area (Å²) >= 11 is 0. The van der Waals surface area contributed by atoms with E-state index in [1.807, 2.05) is 0 Å². The Balaban J connectivity index is 1.99. The van der Waals surface area contributed by atoms with Crippen LogP contribution in [0.2, 0.25) is 0 Å². The van der Waals surface area contributed by atoms with Gasteiger partial charge < -0.3 is 15.2 Å². The molecular formula is C20H20F3NO4. The second-order valence-electron chi connectivity index (χ2n) is 6.51. The van der Waals surface area contributed by atoms with Crippen LogP contribution in [0.4, 0.5) is 13.2 Å². The van der Waals surface area contributed by atoms with E-state index in [2.05, 4.69) is 10.1 Å². The first-order valence-electron chi connectivity index (χ1n) is 8.44. The summed E-state index contributed by atoms with van der Waals surface area (Å²) in [5.41, 5.74) is -0.312. The van der Waals surface area contributed by atoms with Gasteiger partial charge in [0, 0.05) is 6.54 Å². The van der Waals surface area contributed by atoms with E-state index in [1.54, 1.807) is 36.4 Å². The molecule has 2 N–H and O–H groups in total.